The molecule has 3 rings (SSSR count). The minimum absolute atomic E-state index is 0.188. The molecule has 2 aromatic rings. The molecule has 1 radical (unpaired) electrons. The average molecular weight is 217 g/mol. The van der Waals surface area contributed by atoms with Crippen molar-refractivity contribution in [2.75, 3.05) is 5.73 Å². The molecule has 3 heterocycles. The van der Waals surface area contributed by atoms with Crippen LogP contribution < -0.4 is 11.1 Å². The molecule has 0 atom stereocenters. The monoisotopic (exact) mass is 217 g/mol. The van der Waals surface area contributed by atoms with Crippen LogP contribution in [0.4, 0.5) is 17.5 Å². The number of aromatic nitrogens is 3. The van der Waals surface area contributed by atoms with Crippen molar-refractivity contribution in [3.8, 4) is 10.7 Å². The van der Waals surface area contributed by atoms with Crippen molar-refractivity contribution in [1.82, 2.24) is 20.3 Å². The van der Waals surface area contributed by atoms with Gasteiger partial charge < -0.3 is 5.73 Å². The van der Waals surface area contributed by atoms with Crippen molar-refractivity contribution in [3.05, 3.63) is 11.6 Å². The van der Waals surface area contributed by atoms with E-state index in [0.29, 0.717) is 17.2 Å². The zero-order valence-electron chi connectivity index (χ0n) is 7.45. The zero-order valence-corrected chi connectivity index (χ0v) is 8.27. The van der Waals surface area contributed by atoms with Gasteiger partial charge in [-0.25, -0.2) is 20.3 Å². The van der Waals surface area contributed by atoms with Crippen molar-refractivity contribution in [2.45, 2.75) is 0 Å². The molecule has 15 heavy (non-hydrogen) atoms. The second-order valence-electron chi connectivity index (χ2n) is 2.81. The lowest BCUT2D eigenvalue weighted by molar-refractivity contribution is 1.13. The Morgan fingerprint density at radius 3 is 3.00 bits per heavy atom. The normalized spacial score (nSPS) is 12.5. The third-order valence-corrected chi connectivity index (χ3v) is 2.66. The van der Waals surface area contributed by atoms with Crippen LogP contribution in [0.5, 0.6) is 0 Å². The van der Waals surface area contributed by atoms with Gasteiger partial charge >= 0.3 is 0 Å². The molecule has 2 aromatic heterocycles. The number of anilines is 1. The maximum atomic E-state index is 5.58. The first-order valence-corrected chi connectivity index (χ1v) is 5.03. The predicted octanol–water partition coefficient (Wildman–Crippen LogP) is 1.09. The van der Waals surface area contributed by atoms with Gasteiger partial charge in [0.25, 0.3) is 0 Å². The predicted molar refractivity (Wildman–Crippen MR) is 57.5 cm³/mol. The third-order valence-electron chi connectivity index (χ3n) is 1.88. The molecule has 0 bridgehead atoms. The van der Waals surface area contributed by atoms with Gasteiger partial charge in [0.1, 0.15) is 22.7 Å². The number of rotatable bonds is 1. The highest BCUT2D eigenvalue weighted by atomic mass is 32.1. The molecule has 1 aliphatic rings. The molecule has 0 saturated carbocycles. The number of fused-ring (bicyclic) bond motifs is 1. The number of nitrogens with two attached hydrogens (primary N) is 1. The summed E-state index contributed by atoms with van der Waals surface area (Å²) in [6.45, 7) is 0. The zero-order chi connectivity index (χ0) is 10.3. The SMILES string of the molecule is Nc1nc2c(c(-c3nccs3)n1)N=C[N]2. The standard InChI is InChI=1S/C8H5N6S/c9-8-13-5(7-10-1-2-15-7)4-6(14-8)12-3-11-4/h1-3H,(H2,9,13,14). The highest BCUT2D eigenvalue weighted by Gasteiger charge is 2.19. The van der Waals surface area contributed by atoms with Gasteiger partial charge in [-0.15, -0.1) is 11.3 Å². The number of thiazole rings is 1. The van der Waals surface area contributed by atoms with Crippen LogP contribution in [-0.2, 0) is 0 Å². The summed E-state index contributed by atoms with van der Waals surface area (Å²) < 4.78 is 0. The van der Waals surface area contributed by atoms with Crippen LogP contribution in [0.2, 0.25) is 0 Å². The Hall–Kier alpha value is -2.02. The average Bonchev–Trinajstić information content (AvgIpc) is 2.86. The molecule has 0 amide bonds. The molecule has 0 aliphatic carbocycles. The molecule has 73 valence electrons. The highest BCUT2D eigenvalue weighted by molar-refractivity contribution is 7.13. The van der Waals surface area contributed by atoms with E-state index in [9.17, 15) is 0 Å². The van der Waals surface area contributed by atoms with Gasteiger partial charge in [0.05, 0.1) is 0 Å². The molecule has 0 unspecified atom stereocenters. The maximum Gasteiger partial charge on any atom is 0.222 e. The van der Waals surface area contributed by atoms with Gasteiger partial charge in [-0.3, -0.25) is 0 Å². The molecule has 0 saturated heterocycles. The van der Waals surface area contributed by atoms with E-state index in [1.54, 1.807) is 6.20 Å². The van der Waals surface area contributed by atoms with Crippen LogP contribution in [0.15, 0.2) is 16.6 Å². The van der Waals surface area contributed by atoms with Gasteiger partial charge in [0, 0.05) is 11.6 Å². The number of nitrogens with zero attached hydrogens (tertiary/aromatic N) is 5. The van der Waals surface area contributed by atoms with Gasteiger partial charge in [-0.1, -0.05) is 0 Å². The van der Waals surface area contributed by atoms with Crippen LogP contribution in [0, 0.1) is 0 Å². The molecular formula is C8H5N6S. The second-order valence-corrected chi connectivity index (χ2v) is 3.71. The van der Waals surface area contributed by atoms with Crippen molar-refractivity contribution in [3.63, 3.8) is 0 Å². The van der Waals surface area contributed by atoms with Gasteiger partial charge in [0.2, 0.25) is 5.95 Å². The van der Waals surface area contributed by atoms with E-state index >= 15 is 0 Å². The second kappa shape index (κ2) is 2.99. The van der Waals surface area contributed by atoms with Crippen molar-refractivity contribution < 1.29 is 0 Å². The number of aliphatic imine (C=N–C) groups is 1. The van der Waals surface area contributed by atoms with E-state index in [2.05, 4.69) is 25.3 Å². The van der Waals surface area contributed by atoms with Crippen LogP contribution in [0.3, 0.4) is 0 Å². The van der Waals surface area contributed by atoms with Crippen LogP contribution in [0.25, 0.3) is 10.7 Å². The van der Waals surface area contributed by atoms with Crippen LogP contribution in [-0.4, -0.2) is 21.3 Å². The summed E-state index contributed by atoms with van der Waals surface area (Å²) in [6.07, 6.45) is 3.15. The van der Waals surface area contributed by atoms with Crippen molar-refractivity contribution in [2.24, 2.45) is 4.99 Å². The Morgan fingerprint density at radius 1 is 1.27 bits per heavy atom. The van der Waals surface area contributed by atoms with Gasteiger partial charge in [-0.05, 0) is 0 Å². The Labute approximate surface area is 88.9 Å². The Balaban J connectivity index is 2.27. The summed E-state index contributed by atoms with van der Waals surface area (Å²) >= 11 is 1.48. The van der Waals surface area contributed by atoms with Gasteiger partial charge in [0.15, 0.2) is 5.82 Å². The molecule has 6 nitrogen and oxygen atoms in total. The van der Waals surface area contributed by atoms with E-state index < -0.39 is 0 Å². The van der Waals surface area contributed by atoms with E-state index in [1.165, 1.54) is 17.7 Å². The van der Waals surface area contributed by atoms with E-state index in [0.717, 1.165) is 5.01 Å². The first-order valence-electron chi connectivity index (χ1n) is 4.15. The fraction of sp³-hybridized carbons (Fsp3) is 0. The molecule has 0 aromatic carbocycles. The fourth-order valence-corrected chi connectivity index (χ4v) is 1.93. The Morgan fingerprint density at radius 2 is 2.20 bits per heavy atom. The summed E-state index contributed by atoms with van der Waals surface area (Å²) in [5.41, 5.74) is 6.86. The highest BCUT2D eigenvalue weighted by Crippen LogP contribution is 2.37. The lowest BCUT2D eigenvalue weighted by atomic mass is 10.3. The lowest BCUT2D eigenvalue weighted by Gasteiger charge is -2.02. The maximum absolute atomic E-state index is 5.58. The molecule has 7 heteroatoms. The minimum atomic E-state index is 0.188. The molecular weight excluding hydrogens is 212 g/mol. The quantitative estimate of drug-likeness (QED) is 0.774. The smallest absolute Gasteiger partial charge is 0.222 e. The lowest BCUT2D eigenvalue weighted by Crippen LogP contribution is -1.99. The fourth-order valence-electron chi connectivity index (χ4n) is 1.30. The number of hydrogen-bond donors (Lipinski definition) is 1. The third kappa shape index (κ3) is 1.24. The number of nitrogen functional groups attached to an aromatic ring is 1. The van der Waals surface area contributed by atoms with Crippen LogP contribution in [0.1, 0.15) is 0 Å². The summed E-state index contributed by atoms with van der Waals surface area (Å²) in [7, 11) is 0. The molecule has 1 aliphatic heterocycles. The van der Waals surface area contributed by atoms with Crippen LogP contribution >= 0.6 is 11.3 Å². The van der Waals surface area contributed by atoms with Gasteiger partial charge in [-0.2, -0.15) is 4.98 Å². The topological polar surface area (TPSA) is 91.2 Å². The largest absolute Gasteiger partial charge is 0.368 e. The first kappa shape index (κ1) is 8.30. The minimum Gasteiger partial charge on any atom is -0.368 e. The summed E-state index contributed by atoms with van der Waals surface area (Å²) in [4.78, 5) is 16.4. The molecule has 2 N–H and O–H groups in total. The Bertz CT molecular complexity index is 532. The van der Waals surface area contributed by atoms with E-state index in [4.69, 9.17) is 5.73 Å². The summed E-state index contributed by atoms with van der Waals surface area (Å²) in [5.74, 6) is 0.695. The van der Waals surface area contributed by atoms with Crippen molar-refractivity contribution >= 4 is 35.1 Å². The summed E-state index contributed by atoms with van der Waals surface area (Å²) in [6, 6.07) is 0. The molecule has 0 fully saturated rings. The first-order chi connectivity index (χ1) is 7.34. The van der Waals surface area contributed by atoms with E-state index in [1.807, 2.05) is 5.38 Å². The summed E-state index contributed by atoms with van der Waals surface area (Å²) in [5, 5.41) is 6.63. The number of hydrogen-bond acceptors (Lipinski definition) is 6. The Kier molecular flexibility index (Phi) is 1.65. The molecule has 0 spiro atoms. The van der Waals surface area contributed by atoms with E-state index in [-0.39, 0.29) is 5.95 Å². The van der Waals surface area contributed by atoms with Crippen molar-refractivity contribution in [1.29, 1.82) is 0 Å².